The van der Waals surface area contributed by atoms with E-state index in [9.17, 15) is 14.7 Å². The molecular formula is C18H28N2O4. The topological polar surface area (TPSA) is 102 Å². The molecule has 0 unspecified atom stereocenters. The number of hydrogen-bond donors (Lipinski definition) is 3. The summed E-state index contributed by atoms with van der Waals surface area (Å²) in [4.78, 5) is 24.8. The fourth-order valence-corrected chi connectivity index (χ4v) is 1.88. The average molecular weight is 336 g/mol. The van der Waals surface area contributed by atoms with Crippen LogP contribution in [0.5, 0.6) is 5.75 Å². The highest BCUT2D eigenvalue weighted by atomic mass is 16.6. The number of phenolic OH excluding ortho intramolecular Hbond substituents is 1. The Bertz CT molecular complexity index is 574. The van der Waals surface area contributed by atoms with Crippen molar-refractivity contribution in [1.82, 2.24) is 5.32 Å². The van der Waals surface area contributed by atoms with Crippen LogP contribution in [0.25, 0.3) is 0 Å². The van der Waals surface area contributed by atoms with Crippen LogP contribution in [-0.4, -0.2) is 35.2 Å². The Morgan fingerprint density at radius 3 is 2.17 bits per heavy atom. The number of amides is 1. The maximum Gasteiger partial charge on any atom is 0.329 e. The van der Waals surface area contributed by atoms with Crippen LogP contribution in [0.15, 0.2) is 24.3 Å². The average Bonchev–Trinajstić information content (AvgIpc) is 2.46. The van der Waals surface area contributed by atoms with Crippen molar-refractivity contribution in [3.63, 3.8) is 0 Å². The molecule has 1 aromatic carbocycles. The number of nitrogens with one attached hydrogen (secondary N) is 1. The number of phenols is 1. The summed E-state index contributed by atoms with van der Waals surface area (Å²) in [6.45, 7) is 8.92. The zero-order valence-corrected chi connectivity index (χ0v) is 15.1. The summed E-state index contributed by atoms with van der Waals surface area (Å²) in [5, 5.41) is 12.1. The maximum atomic E-state index is 12.5. The third-order valence-electron chi connectivity index (χ3n) is 3.50. The lowest BCUT2D eigenvalue weighted by Gasteiger charge is -2.28. The number of carbonyl (C=O) groups is 2. The molecule has 0 saturated carbocycles. The van der Waals surface area contributed by atoms with E-state index >= 15 is 0 Å². The van der Waals surface area contributed by atoms with E-state index in [1.54, 1.807) is 46.8 Å². The second kappa shape index (κ2) is 7.66. The molecule has 0 aromatic heterocycles. The monoisotopic (exact) mass is 336 g/mol. The molecule has 0 aliphatic rings. The number of hydrogen-bond acceptors (Lipinski definition) is 5. The van der Waals surface area contributed by atoms with Gasteiger partial charge in [0.05, 0.1) is 5.41 Å². The minimum Gasteiger partial charge on any atom is -0.508 e. The summed E-state index contributed by atoms with van der Waals surface area (Å²) in [7, 11) is 0. The Morgan fingerprint density at radius 1 is 1.17 bits per heavy atom. The van der Waals surface area contributed by atoms with Gasteiger partial charge in [0.15, 0.2) is 0 Å². The molecule has 0 spiro atoms. The Hall–Kier alpha value is -2.08. The zero-order chi connectivity index (χ0) is 18.5. The minimum absolute atomic E-state index is 0.140. The van der Waals surface area contributed by atoms with E-state index in [1.165, 1.54) is 12.1 Å². The van der Waals surface area contributed by atoms with Gasteiger partial charge in [-0.25, -0.2) is 4.79 Å². The fourth-order valence-electron chi connectivity index (χ4n) is 1.88. The summed E-state index contributed by atoms with van der Waals surface area (Å²) in [5.41, 5.74) is 4.99. The lowest BCUT2D eigenvalue weighted by atomic mass is 9.92. The molecule has 0 radical (unpaired) electrons. The van der Waals surface area contributed by atoms with Crippen molar-refractivity contribution in [1.29, 1.82) is 0 Å². The smallest absolute Gasteiger partial charge is 0.329 e. The van der Waals surface area contributed by atoms with Crippen LogP contribution in [0.2, 0.25) is 0 Å². The molecule has 0 aliphatic carbocycles. The van der Waals surface area contributed by atoms with Crippen LogP contribution in [0.1, 0.15) is 40.2 Å². The van der Waals surface area contributed by atoms with E-state index in [-0.39, 0.29) is 24.6 Å². The van der Waals surface area contributed by atoms with Crippen molar-refractivity contribution in [2.24, 2.45) is 11.1 Å². The van der Waals surface area contributed by atoms with Gasteiger partial charge >= 0.3 is 5.97 Å². The third kappa shape index (κ3) is 6.20. The van der Waals surface area contributed by atoms with Crippen molar-refractivity contribution in [3.05, 3.63) is 29.8 Å². The first-order valence-corrected chi connectivity index (χ1v) is 7.96. The van der Waals surface area contributed by atoms with Gasteiger partial charge in [-0.15, -0.1) is 0 Å². The van der Waals surface area contributed by atoms with Gasteiger partial charge in [0.1, 0.15) is 17.4 Å². The highest BCUT2D eigenvalue weighted by Gasteiger charge is 2.32. The zero-order valence-electron chi connectivity index (χ0n) is 15.1. The van der Waals surface area contributed by atoms with E-state index in [0.29, 0.717) is 0 Å². The van der Waals surface area contributed by atoms with Crippen LogP contribution in [0, 0.1) is 5.41 Å². The molecule has 4 N–H and O–H groups in total. The van der Waals surface area contributed by atoms with Crippen LogP contribution in [0.3, 0.4) is 0 Å². The molecule has 0 aliphatic heterocycles. The number of carbonyl (C=O) groups excluding carboxylic acids is 2. The molecule has 0 bridgehead atoms. The van der Waals surface area contributed by atoms with Crippen LogP contribution < -0.4 is 11.1 Å². The largest absolute Gasteiger partial charge is 0.508 e. The number of esters is 1. The van der Waals surface area contributed by atoms with Gasteiger partial charge < -0.3 is 20.9 Å². The molecule has 1 amide bonds. The molecule has 0 heterocycles. The van der Waals surface area contributed by atoms with E-state index in [0.717, 1.165) is 5.56 Å². The SMILES string of the molecule is CC(C)(C)OC(=O)[C@H](Cc1ccc(O)cc1)NC(=O)C(C)(C)CN. The van der Waals surface area contributed by atoms with Gasteiger partial charge in [-0.05, 0) is 52.3 Å². The van der Waals surface area contributed by atoms with E-state index < -0.39 is 23.0 Å². The molecule has 1 atom stereocenters. The molecule has 6 nitrogen and oxygen atoms in total. The minimum atomic E-state index is -0.827. The lowest BCUT2D eigenvalue weighted by molar-refractivity contribution is -0.159. The molecule has 6 heteroatoms. The summed E-state index contributed by atoms with van der Waals surface area (Å²) in [6.07, 6.45) is 0.265. The van der Waals surface area contributed by atoms with Crippen molar-refractivity contribution in [2.45, 2.75) is 52.7 Å². The molecule has 134 valence electrons. The van der Waals surface area contributed by atoms with Crippen LogP contribution in [-0.2, 0) is 20.7 Å². The molecular weight excluding hydrogens is 308 g/mol. The third-order valence-corrected chi connectivity index (χ3v) is 3.50. The van der Waals surface area contributed by atoms with Crippen molar-refractivity contribution in [3.8, 4) is 5.75 Å². The number of aromatic hydroxyl groups is 1. The van der Waals surface area contributed by atoms with Crippen LogP contribution >= 0.6 is 0 Å². The van der Waals surface area contributed by atoms with E-state index in [4.69, 9.17) is 10.5 Å². The molecule has 0 saturated heterocycles. The standard InChI is InChI=1S/C18H28N2O4/c1-17(2,3)24-15(22)14(20-16(23)18(4,5)11-19)10-12-6-8-13(21)9-7-12/h6-9,14,21H,10-11,19H2,1-5H3,(H,20,23)/t14-/m0/s1. The van der Waals surface area contributed by atoms with Crippen LogP contribution in [0.4, 0.5) is 0 Å². The highest BCUT2D eigenvalue weighted by Crippen LogP contribution is 2.17. The second-order valence-corrected chi connectivity index (χ2v) is 7.52. The fraction of sp³-hybridized carbons (Fsp3) is 0.556. The summed E-state index contributed by atoms with van der Waals surface area (Å²) >= 11 is 0. The number of nitrogens with two attached hydrogens (primary N) is 1. The Morgan fingerprint density at radius 2 is 1.71 bits per heavy atom. The summed E-state index contributed by atoms with van der Waals surface area (Å²) in [6, 6.07) is 5.65. The van der Waals surface area contributed by atoms with Gasteiger partial charge in [-0.3, -0.25) is 4.79 Å². The van der Waals surface area contributed by atoms with Gasteiger partial charge in [0.25, 0.3) is 0 Å². The van der Waals surface area contributed by atoms with Gasteiger partial charge in [0.2, 0.25) is 5.91 Å². The predicted molar refractivity (Wildman–Crippen MR) is 92.4 cm³/mol. The summed E-state index contributed by atoms with van der Waals surface area (Å²) in [5.74, 6) is -0.669. The van der Waals surface area contributed by atoms with Crippen molar-refractivity contribution in [2.75, 3.05) is 6.54 Å². The Balaban J connectivity index is 2.96. The first-order chi connectivity index (χ1) is 10.9. The molecule has 1 rings (SSSR count). The van der Waals surface area contributed by atoms with E-state index in [2.05, 4.69) is 5.32 Å². The first-order valence-electron chi connectivity index (χ1n) is 7.96. The lowest BCUT2D eigenvalue weighted by Crippen LogP contribution is -2.51. The molecule has 24 heavy (non-hydrogen) atoms. The number of ether oxygens (including phenoxy) is 1. The number of benzene rings is 1. The Labute approximate surface area is 143 Å². The highest BCUT2D eigenvalue weighted by molar-refractivity contribution is 5.88. The maximum absolute atomic E-state index is 12.5. The normalized spacial score (nSPS) is 13.2. The van der Waals surface area contributed by atoms with Crippen molar-refractivity contribution < 1.29 is 19.4 Å². The van der Waals surface area contributed by atoms with Gasteiger partial charge in [-0.1, -0.05) is 12.1 Å². The number of rotatable bonds is 6. The second-order valence-electron chi connectivity index (χ2n) is 7.52. The van der Waals surface area contributed by atoms with E-state index in [1.807, 2.05) is 0 Å². The van der Waals surface area contributed by atoms with Gasteiger partial charge in [0, 0.05) is 13.0 Å². The predicted octanol–water partition coefficient (Wildman–Crippen LogP) is 1.75. The Kier molecular flexibility index (Phi) is 6.37. The van der Waals surface area contributed by atoms with Crippen molar-refractivity contribution >= 4 is 11.9 Å². The molecule has 0 fully saturated rings. The first kappa shape index (κ1) is 20.0. The van der Waals surface area contributed by atoms with Gasteiger partial charge in [-0.2, -0.15) is 0 Å². The molecule has 1 aromatic rings. The quantitative estimate of drug-likeness (QED) is 0.687. The summed E-state index contributed by atoms with van der Waals surface area (Å²) < 4.78 is 5.41.